The first kappa shape index (κ1) is 16.4. The molecule has 126 valence electrons. The number of halogens is 1. The Bertz CT molecular complexity index is 1070. The molecule has 1 N–H and O–H groups in total. The van der Waals surface area contributed by atoms with Gasteiger partial charge in [-0.2, -0.15) is 0 Å². The van der Waals surface area contributed by atoms with Gasteiger partial charge in [0, 0.05) is 26.7 Å². The molecule has 0 radical (unpaired) electrons. The van der Waals surface area contributed by atoms with Crippen molar-refractivity contribution in [1.82, 2.24) is 0 Å². The van der Waals surface area contributed by atoms with Crippen LogP contribution in [-0.4, -0.2) is 17.5 Å². The molecule has 0 saturated carbocycles. The third kappa shape index (κ3) is 2.57. The van der Waals surface area contributed by atoms with Gasteiger partial charge in [-0.1, -0.05) is 58.4 Å². The lowest BCUT2D eigenvalue weighted by Gasteiger charge is -2.21. The fraction of sp³-hybridized carbons (Fsp3) is 0. The van der Waals surface area contributed by atoms with E-state index in [1.807, 2.05) is 6.07 Å². The molecule has 0 bridgehead atoms. The Morgan fingerprint density at radius 1 is 0.731 bits per heavy atom. The van der Waals surface area contributed by atoms with Crippen LogP contribution in [0.3, 0.4) is 0 Å². The summed E-state index contributed by atoms with van der Waals surface area (Å²) in [7, 11) is 0. The van der Waals surface area contributed by atoms with Crippen molar-refractivity contribution in [1.29, 1.82) is 0 Å². The zero-order valence-corrected chi connectivity index (χ0v) is 15.0. The molecule has 26 heavy (non-hydrogen) atoms. The van der Waals surface area contributed by atoms with Crippen LogP contribution in [0, 0.1) is 0 Å². The monoisotopic (exact) mass is 405 g/mol. The van der Waals surface area contributed by atoms with Crippen LogP contribution in [0.15, 0.2) is 71.2 Å². The molecule has 0 unspecified atom stereocenters. The molecular formula is C21H12BrNO3. The molecule has 1 aliphatic carbocycles. The van der Waals surface area contributed by atoms with E-state index in [0.29, 0.717) is 32.4 Å². The SMILES string of the molecule is O=C(Nc1cccc2c1C(=O)c1cccc(Br)c1C2=O)c1ccccc1. The Hall–Kier alpha value is -3.05. The number of fused-ring (bicyclic) bond motifs is 2. The van der Waals surface area contributed by atoms with E-state index >= 15 is 0 Å². The average molecular weight is 406 g/mol. The van der Waals surface area contributed by atoms with Gasteiger partial charge in [-0.15, -0.1) is 0 Å². The van der Waals surface area contributed by atoms with Crippen LogP contribution >= 0.6 is 15.9 Å². The average Bonchev–Trinajstić information content (AvgIpc) is 2.66. The molecule has 0 saturated heterocycles. The Kier molecular flexibility index (Phi) is 4.01. The third-order valence-electron chi connectivity index (χ3n) is 4.31. The lowest BCUT2D eigenvalue weighted by molar-refractivity contribution is 0.0978. The summed E-state index contributed by atoms with van der Waals surface area (Å²) in [6.45, 7) is 0. The van der Waals surface area contributed by atoms with E-state index in [1.54, 1.807) is 60.7 Å². The van der Waals surface area contributed by atoms with Gasteiger partial charge in [0.05, 0.1) is 11.3 Å². The summed E-state index contributed by atoms with van der Waals surface area (Å²) in [4.78, 5) is 38.4. The second-order valence-corrected chi connectivity index (χ2v) is 6.72. The fourth-order valence-electron chi connectivity index (χ4n) is 3.09. The van der Waals surface area contributed by atoms with E-state index in [2.05, 4.69) is 21.2 Å². The standard InChI is InChI=1S/C21H12BrNO3/c22-15-10-4-8-13-17(15)19(24)14-9-5-11-16(18(14)20(13)25)23-21(26)12-6-2-1-3-7-12/h1-11H,(H,23,26). The largest absolute Gasteiger partial charge is 0.321 e. The zero-order chi connectivity index (χ0) is 18.3. The van der Waals surface area contributed by atoms with Gasteiger partial charge in [0.2, 0.25) is 0 Å². The number of rotatable bonds is 2. The van der Waals surface area contributed by atoms with Crippen molar-refractivity contribution >= 4 is 39.1 Å². The van der Waals surface area contributed by atoms with E-state index in [1.165, 1.54) is 0 Å². The van der Waals surface area contributed by atoms with E-state index < -0.39 is 0 Å². The Labute approximate surface area is 158 Å². The number of hydrogen-bond acceptors (Lipinski definition) is 3. The Morgan fingerprint density at radius 3 is 2.08 bits per heavy atom. The van der Waals surface area contributed by atoms with Gasteiger partial charge in [-0.05, 0) is 24.3 Å². The predicted molar refractivity (Wildman–Crippen MR) is 102 cm³/mol. The molecule has 0 aliphatic heterocycles. The number of hydrogen-bond donors (Lipinski definition) is 1. The highest BCUT2D eigenvalue weighted by Crippen LogP contribution is 2.35. The van der Waals surface area contributed by atoms with Crippen LogP contribution in [0.1, 0.15) is 42.2 Å². The predicted octanol–water partition coefficient (Wildman–Crippen LogP) is 4.48. The molecule has 5 heteroatoms. The maximum Gasteiger partial charge on any atom is 0.255 e. The van der Waals surface area contributed by atoms with Crippen molar-refractivity contribution in [3.63, 3.8) is 0 Å². The molecule has 0 heterocycles. The number of carbonyl (C=O) groups excluding carboxylic acids is 3. The molecule has 0 fully saturated rings. The molecule has 3 aromatic carbocycles. The molecule has 3 aromatic rings. The highest BCUT2D eigenvalue weighted by Gasteiger charge is 2.33. The minimum absolute atomic E-state index is 0.229. The van der Waals surface area contributed by atoms with Crippen LogP contribution in [0.5, 0.6) is 0 Å². The smallest absolute Gasteiger partial charge is 0.255 e. The number of anilines is 1. The van der Waals surface area contributed by atoms with Crippen LogP contribution in [-0.2, 0) is 0 Å². The van der Waals surface area contributed by atoms with Crippen LogP contribution in [0.2, 0.25) is 0 Å². The van der Waals surface area contributed by atoms with E-state index in [0.717, 1.165) is 0 Å². The maximum absolute atomic E-state index is 13.0. The van der Waals surface area contributed by atoms with Gasteiger partial charge < -0.3 is 5.32 Å². The third-order valence-corrected chi connectivity index (χ3v) is 4.97. The second-order valence-electron chi connectivity index (χ2n) is 5.87. The van der Waals surface area contributed by atoms with Crippen molar-refractivity contribution in [3.8, 4) is 0 Å². The molecule has 0 aromatic heterocycles. The van der Waals surface area contributed by atoms with Gasteiger partial charge >= 0.3 is 0 Å². The Morgan fingerprint density at radius 2 is 1.35 bits per heavy atom. The number of carbonyl (C=O) groups is 3. The Balaban J connectivity index is 1.81. The van der Waals surface area contributed by atoms with Crippen LogP contribution in [0.4, 0.5) is 5.69 Å². The molecule has 4 nitrogen and oxygen atoms in total. The van der Waals surface area contributed by atoms with Crippen molar-refractivity contribution in [2.45, 2.75) is 0 Å². The van der Waals surface area contributed by atoms with E-state index in [4.69, 9.17) is 0 Å². The quantitative estimate of drug-likeness (QED) is 0.534. The molecule has 1 amide bonds. The normalized spacial score (nSPS) is 12.3. The number of benzene rings is 3. The van der Waals surface area contributed by atoms with Gasteiger partial charge in [0.1, 0.15) is 0 Å². The van der Waals surface area contributed by atoms with Gasteiger partial charge in [0.25, 0.3) is 5.91 Å². The summed E-state index contributed by atoms with van der Waals surface area (Å²) < 4.78 is 0.581. The highest BCUT2D eigenvalue weighted by atomic mass is 79.9. The lowest BCUT2D eigenvalue weighted by atomic mass is 9.83. The molecule has 0 atom stereocenters. The van der Waals surface area contributed by atoms with Crippen LogP contribution in [0.25, 0.3) is 0 Å². The summed E-state index contributed by atoms with van der Waals surface area (Å²) >= 11 is 3.35. The van der Waals surface area contributed by atoms with E-state index in [9.17, 15) is 14.4 Å². The van der Waals surface area contributed by atoms with Crippen molar-refractivity contribution < 1.29 is 14.4 Å². The number of nitrogens with one attached hydrogen (secondary N) is 1. The minimum Gasteiger partial charge on any atom is -0.321 e. The van der Waals surface area contributed by atoms with Gasteiger partial charge in [-0.25, -0.2) is 0 Å². The van der Waals surface area contributed by atoms with Gasteiger partial charge in [0.15, 0.2) is 11.6 Å². The molecular weight excluding hydrogens is 394 g/mol. The molecule has 0 spiro atoms. The summed E-state index contributed by atoms with van der Waals surface area (Å²) in [6.07, 6.45) is 0. The fourth-order valence-corrected chi connectivity index (χ4v) is 3.63. The first-order valence-corrected chi connectivity index (χ1v) is 8.74. The second kappa shape index (κ2) is 6.35. The number of amides is 1. The summed E-state index contributed by atoms with van der Waals surface area (Å²) in [5.74, 6) is -0.850. The topological polar surface area (TPSA) is 63.2 Å². The summed E-state index contributed by atoms with van der Waals surface area (Å²) in [5, 5.41) is 2.76. The van der Waals surface area contributed by atoms with Crippen molar-refractivity contribution in [3.05, 3.63) is 99.0 Å². The zero-order valence-electron chi connectivity index (χ0n) is 13.5. The lowest BCUT2D eigenvalue weighted by Crippen LogP contribution is -2.24. The van der Waals surface area contributed by atoms with Crippen LogP contribution < -0.4 is 5.32 Å². The molecule has 4 rings (SSSR count). The number of ketones is 2. The van der Waals surface area contributed by atoms with Crippen molar-refractivity contribution in [2.24, 2.45) is 0 Å². The summed E-state index contributed by atoms with van der Waals surface area (Å²) in [5.41, 5.74) is 2.02. The first-order valence-electron chi connectivity index (χ1n) is 7.95. The summed E-state index contributed by atoms with van der Waals surface area (Å²) in [6, 6.07) is 18.7. The molecule has 1 aliphatic rings. The maximum atomic E-state index is 13.0. The highest BCUT2D eigenvalue weighted by molar-refractivity contribution is 9.10. The van der Waals surface area contributed by atoms with E-state index in [-0.39, 0.29) is 23.0 Å². The first-order chi connectivity index (χ1) is 12.6. The van der Waals surface area contributed by atoms with Gasteiger partial charge in [-0.3, -0.25) is 14.4 Å². The van der Waals surface area contributed by atoms with Crippen molar-refractivity contribution in [2.75, 3.05) is 5.32 Å². The minimum atomic E-state index is -0.334.